The third-order valence-corrected chi connectivity index (χ3v) is 4.63. The maximum atomic E-state index is 12.6. The predicted octanol–water partition coefficient (Wildman–Crippen LogP) is 2.54. The normalized spacial score (nSPS) is 25.0. The Kier molecular flexibility index (Phi) is 7.34. The number of piperidine rings is 1. The number of ether oxygens (including phenoxy) is 2. The van der Waals surface area contributed by atoms with E-state index in [0.717, 1.165) is 12.8 Å². The van der Waals surface area contributed by atoms with Crippen LogP contribution in [0, 0.1) is 0 Å². The molecule has 1 aromatic carbocycles. The van der Waals surface area contributed by atoms with Crippen LogP contribution in [0.1, 0.15) is 43.0 Å². The summed E-state index contributed by atoms with van der Waals surface area (Å²) in [4.78, 5) is 12.6. The number of benzene rings is 1. The van der Waals surface area contributed by atoms with Crippen molar-refractivity contribution in [3.05, 3.63) is 29.8 Å². The quantitative estimate of drug-likeness (QED) is 0.739. The van der Waals surface area contributed by atoms with Crippen molar-refractivity contribution in [3.8, 4) is 5.75 Å². The van der Waals surface area contributed by atoms with Crippen molar-refractivity contribution >= 4 is 18.3 Å². The molecule has 2 heterocycles. The van der Waals surface area contributed by atoms with E-state index in [4.69, 9.17) is 9.47 Å². The van der Waals surface area contributed by atoms with E-state index in [0.29, 0.717) is 43.2 Å². The second-order valence-electron chi connectivity index (χ2n) is 6.32. The predicted molar refractivity (Wildman–Crippen MR) is 96.1 cm³/mol. The van der Waals surface area contributed by atoms with E-state index in [1.54, 1.807) is 0 Å². The molecule has 2 bridgehead atoms. The van der Waals surface area contributed by atoms with Gasteiger partial charge in [-0.3, -0.25) is 4.79 Å². The number of hydrogen-bond donors (Lipinski definition) is 2. The van der Waals surface area contributed by atoms with Crippen molar-refractivity contribution < 1.29 is 14.3 Å². The fraction of sp³-hybridized carbons (Fsp3) is 0.611. The molecule has 24 heavy (non-hydrogen) atoms. The summed E-state index contributed by atoms with van der Waals surface area (Å²) in [5, 5.41) is 6.78. The maximum absolute atomic E-state index is 12.6. The Balaban J connectivity index is 0.00000208. The van der Waals surface area contributed by atoms with E-state index in [1.807, 2.05) is 31.2 Å². The number of para-hydroxylation sites is 1. The minimum atomic E-state index is -0.0386. The van der Waals surface area contributed by atoms with E-state index < -0.39 is 0 Å². The minimum absolute atomic E-state index is 0. The molecule has 5 nitrogen and oxygen atoms in total. The first-order chi connectivity index (χ1) is 11.3. The molecule has 134 valence electrons. The second-order valence-corrected chi connectivity index (χ2v) is 6.32. The maximum Gasteiger partial charge on any atom is 0.255 e. The van der Waals surface area contributed by atoms with Gasteiger partial charge < -0.3 is 20.1 Å². The van der Waals surface area contributed by atoms with Crippen molar-refractivity contribution in [2.75, 3.05) is 19.8 Å². The van der Waals surface area contributed by atoms with Crippen molar-refractivity contribution in [2.45, 2.75) is 50.7 Å². The number of hydrogen-bond acceptors (Lipinski definition) is 4. The standard InChI is InChI=1S/C18H26N2O3.ClH/c1-2-22-9-10-23-17-6-4-3-5-16(17)18(21)20-15-11-13-7-8-14(12-15)19-13;/h3-6,13-15,19H,2,7-12H2,1H3,(H,20,21);1H. The third-order valence-electron chi connectivity index (χ3n) is 4.63. The van der Waals surface area contributed by atoms with Gasteiger partial charge in [-0.25, -0.2) is 0 Å². The van der Waals surface area contributed by atoms with Crippen molar-refractivity contribution in [1.82, 2.24) is 10.6 Å². The lowest BCUT2D eigenvalue weighted by Crippen LogP contribution is -2.48. The molecule has 1 amide bonds. The van der Waals surface area contributed by atoms with Crippen LogP contribution < -0.4 is 15.4 Å². The summed E-state index contributed by atoms with van der Waals surface area (Å²) in [6.45, 7) is 3.61. The van der Waals surface area contributed by atoms with Gasteiger partial charge in [0.2, 0.25) is 0 Å². The summed E-state index contributed by atoms with van der Waals surface area (Å²) in [5.74, 6) is 0.588. The van der Waals surface area contributed by atoms with Gasteiger partial charge in [0.15, 0.2) is 0 Å². The van der Waals surface area contributed by atoms with Gasteiger partial charge in [-0.15, -0.1) is 12.4 Å². The van der Waals surface area contributed by atoms with Gasteiger partial charge in [-0.2, -0.15) is 0 Å². The molecule has 2 aliphatic rings. The van der Waals surface area contributed by atoms with Crippen LogP contribution >= 0.6 is 12.4 Å². The molecule has 2 N–H and O–H groups in total. The van der Waals surface area contributed by atoms with Gasteiger partial charge in [-0.05, 0) is 44.7 Å². The smallest absolute Gasteiger partial charge is 0.255 e. The lowest BCUT2D eigenvalue weighted by molar-refractivity contribution is 0.0908. The molecule has 0 spiro atoms. The van der Waals surface area contributed by atoms with Gasteiger partial charge in [0, 0.05) is 24.7 Å². The van der Waals surface area contributed by atoms with Crippen LogP contribution in [-0.2, 0) is 4.74 Å². The summed E-state index contributed by atoms with van der Waals surface area (Å²) in [6, 6.07) is 8.81. The Morgan fingerprint density at radius 2 is 1.92 bits per heavy atom. The van der Waals surface area contributed by atoms with Crippen LogP contribution in [0.2, 0.25) is 0 Å². The van der Waals surface area contributed by atoms with Gasteiger partial charge in [0.1, 0.15) is 12.4 Å². The van der Waals surface area contributed by atoms with E-state index in [9.17, 15) is 4.79 Å². The molecular weight excluding hydrogens is 328 g/mol. The summed E-state index contributed by atoms with van der Waals surface area (Å²) < 4.78 is 11.0. The molecule has 0 aromatic heterocycles. The van der Waals surface area contributed by atoms with E-state index in [1.165, 1.54) is 12.8 Å². The number of carbonyl (C=O) groups excluding carboxylic acids is 1. The molecule has 6 heteroatoms. The molecule has 2 atom stereocenters. The van der Waals surface area contributed by atoms with Gasteiger partial charge >= 0.3 is 0 Å². The number of nitrogens with one attached hydrogen (secondary N) is 2. The summed E-state index contributed by atoms with van der Waals surface area (Å²) in [7, 11) is 0. The van der Waals surface area contributed by atoms with Gasteiger partial charge in [0.05, 0.1) is 12.2 Å². The fourth-order valence-corrected chi connectivity index (χ4v) is 3.57. The topological polar surface area (TPSA) is 59.6 Å². The first-order valence-corrected chi connectivity index (χ1v) is 8.62. The van der Waals surface area contributed by atoms with Crippen molar-refractivity contribution in [2.24, 2.45) is 0 Å². The largest absolute Gasteiger partial charge is 0.490 e. The van der Waals surface area contributed by atoms with Crippen LogP contribution in [-0.4, -0.2) is 43.9 Å². The number of rotatable bonds is 7. The Morgan fingerprint density at radius 3 is 2.62 bits per heavy atom. The molecule has 0 saturated carbocycles. The number of fused-ring (bicyclic) bond motifs is 2. The lowest BCUT2D eigenvalue weighted by Gasteiger charge is -2.29. The van der Waals surface area contributed by atoms with Gasteiger partial charge in [-0.1, -0.05) is 12.1 Å². The Morgan fingerprint density at radius 1 is 1.21 bits per heavy atom. The third kappa shape index (κ3) is 4.85. The average Bonchev–Trinajstić information content (AvgIpc) is 2.90. The number of amides is 1. The van der Waals surface area contributed by atoms with E-state index in [-0.39, 0.29) is 24.4 Å². The number of halogens is 1. The average molecular weight is 355 g/mol. The summed E-state index contributed by atoms with van der Waals surface area (Å²) >= 11 is 0. The lowest BCUT2D eigenvalue weighted by atomic mass is 9.99. The van der Waals surface area contributed by atoms with Crippen LogP contribution in [0.4, 0.5) is 0 Å². The molecule has 2 saturated heterocycles. The molecule has 2 unspecified atom stereocenters. The first kappa shape index (κ1) is 19.0. The van der Waals surface area contributed by atoms with Crippen LogP contribution in [0.3, 0.4) is 0 Å². The molecule has 1 aromatic rings. The highest BCUT2D eigenvalue weighted by Gasteiger charge is 2.34. The molecule has 2 aliphatic heterocycles. The van der Waals surface area contributed by atoms with E-state index >= 15 is 0 Å². The highest BCUT2D eigenvalue weighted by atomic mass is 35.5. The van der Waals surface area contributed by atoms with E-state index in [2.05, 4.69) is 10.6 Å². The van der Waals surface area contributed by atoms with Crippen LogP contribution in [0.15, 0.2) is 24.3 Å². The highest BCUT2D eigenvalue weighted by Crippen LogP contribution is 2.27. The summed E-state index contributed by atoms with van der Waals surface area (Å²) in [6.07, 6.45) is 4.51. The van der Waals surface area contributed by atoms with Gasteiger partial charge in [0.25, 0.3) is 5.91 Å². The molecular formula is C18H27ClN2O3. The minimum Gasteiger partial charge on any atom is -0.490 e. The first-order valence-electron chi connectivity index (χ1n) is 8.62. The highest BCUT2D eigenvalue weighted by molar-refractivity contribution is 5.97. The van der Waals surface area contributed by atoms with Crippen LogP contribution in [0.5, 0.6) is 5.75 Å². The fourth-order valence-electron chi connectivity index (χ4n) is 3.57. The van der Waals surface area contributed by atoms with Crippen molar-refractivity contribution in [1.29, 1.82) is 0 Å². The Hall–Kier alpha value is -1.30. The Labute approximate surface area is 149 Å². The zero-order chi connectivity index (χ0) is 16.1. The second kappa shape index (κ2) is 9.25. The molecule has 2 fully saturated rings. The van der Waals surface area contributed by atoms with Crippen LogP contribution in [0.25, 0.3) is 0 Å². The summed E-state index contributed by atoms with van der Waals surface area (Å²) in [5.41, 5.74) is 0.606. The zero-order valence-electron chi connectivity index (χ0n) is 14.1. The van der Waals surface area contributed by atoms with Crippen molar-refractivity contribution in [3.63, 3.8) is 0 Å². The zero-order valence-corrected chi connectivity index (χ0v) is 14.9. The molecule has 0 aliphatic carbocycles. The Bertz CT molecular complexity index is 529. The molecule has 3 rings (SSSR count). The monoisotopic (exact) mass is 354 g/mol. The number of carbonyl (C=O) groups is 1. The molecule has 0 radical (unpaired) electrons. The SMILES string of the molecule is CCOCCOc1ccccc1C(=O)NC1CC2CCC(C1)N2.Cl.